The van der Waals surface area contributed by atoms with Crippen LogP contribution in [0.15, 0.2) is 87.8 Å². The number of nitro benzene ring substituents is 2. The average Bonchev–Trinajstić information content (AvgIpc) is 3.19. The number of ketones is 1. The Balaban J connectivity index is 1.86. The minimum Gasteiger partial charge on any atom is -0.287 e. The van der Waals surface area contributed by atoms with Crippen molar-refractivity contribution in [2.24, 2.45) is 10.2 Å². The molecule has 0 atom stereocenters. The third-order valence-electron chi connectivity index (χ3n) is 4.84. The molecule has 1 heterocycles. The molecule has 35 heavy (non-hydrogen) atoms. The molecule has 0 fully saturated rings. The second-order valence-electron chi connectivity index (χ2n) is 7.03. The Hall–Kier alpha value is -4.97. The Kier molecular flexibility index (Phi) is 6.29. The van der Waals surface area contributed by atoms with Gasteiger partial charge in [-0.3, -0.25) is 34.9 Å². The molecular weight excluding hydrogens is 480 g/mol. The Labute approximate surface area is 200 Å². The van der Waals surface area contributed by atoms with Gasteiger partial charge in [0.15, 0.2) is 11.4 Å². The number of nitrogens with zero attached hydrogens (tertiary/aromatic N) is 5. The Morgan fingerprint density at radius 2 is 1.60 bits per heavy atom. The second-order valence-corrected chi connectivity index (χ2v) is 7.47. The number of rotatable bonds is 7. The number of H-pyrrole nitrogens is 1. The number of para-hydroxylation sites is 1. The van der Waals surface area contributed by atoms with E-state index >= 15 is 0 Å². The third kappa shape index (κ3) is 4.72. The number of benzene rings is 3. The number of azo groups is 1. The summed E-state index contributed by atoms with van der Waals surface area (Å²) in [4.78, 5) is 47.0. The van der Waals surface area contributed by atoms with Gasteiger partial charge in [-0.15, -0.1) is 10.2 Å². The van der Waals surface area contributed by atoms with E-state index in [-0.39, 0.29) is 16.9 Å². The molecule has 0 amide bonds. The van der Waals surface area contributed by atoms with Crippen molar-refractivity contribution in [2.75, 3.05) is 0 Å². The fourth-order valence-corrected chi connectivity index (χ4v) is 3.27. The highest BCUT2D eigenvalue weighted by Gasteiger charge is 2.24. The Bertz CT molecular complexity index is 1540. The van der Waals surface area contributed by atoms with Crippen molar-refractivity contribution < 1.29 is 14.6 Å². The van der Waals surface area contributed by atoms with Crippen molar-refractivity contribution in [3.8, 4) is 5.69 Å². The van der Waals surface area contributed by atoms with Crippen LogP contribution in [-0.4, -0.2) is 25.4 Å². The summed E-state index contributed by atoms with van der Waals surface area (Å²) in [5, 5.41) is 33.1. The van der Waals surface area contributed by atoms with Crippen LogP contribution in [0, 0.1) is 20.2 Å². The highest BCUT2D eigenvalue weighted by atomic mass is 35.5. The van der Waals surface area contributed by atoms with Crippen LogP contribution in [0.5, 0.6) is 0 Å². The minimum atomic E-state index is -0.861. The number of hydrogen-bond donors (Lipinski definition) is 1. The van der Waals surface area contributed by atoms with Crippen molar-refractivity contribution in [1.82, 2.24) is 9.78 Å². The maximum absolute atomic E-state index is 13.2. The van der Waals surface area contributed by atoms with E-state index in [1.54, 1.807) is 30.3 Å². The summed E-state index contributed by atoms with van der Waals surface area (Å²) in [6.45, 7) is 0. The molecule has 0 saturated heterocycles. The molecule has 4 rings (SSSR count). The van der Waals surface area contributed by atoms with Gasteiger partial charge in [0, 0.05) is 16.7 Å². The van der Waals surface area contributed by atoms with Crippen molar-refractivity contribution in [3.63, 3.8) is 0 Å². The van der Waals surface area contributed by atoms with E-state index in [0.717, 1.165) is 22.9 Å². The molecule has 0 bridgehead atoms. The largest absolute Gasteiger partial charge is 0.303 e. The first-order chi connectivity index (χ1) is 16.8. The van der Waals surface area contributed by atoms with Crippen LogP contribution in [0.1, 0.15) is 16.1 Å². The lowest BCUT2D eigenvalue weighted by Gasteiger charge is -2.01. The topological polar surface area (TPSA) is 166 Å². The fraction of sp³-hybridized carbons (Fsp3) is 0. The number of aromatic nitrogens is 2. The number of hydrogen-bond acceptors (Lipinski definition) is 8. The minimum absolute atomic E-state index is 0.202. The van der Waals surface area contributed by atoms with E-state index in [1.807, 2.05) is 0 Å². The van der Waals surface area contributed by atoms with Gasteiger partial charge in [-0.05, 0) is 42.5 Å². The predicted molar refractivity (Wildman–Crippen MR) is 125 cm³/mol. The van der Waals surface area contributed by atoms with Crippen LogP contribution in [0.3, 0.4) is 0 Å². The van der Waals surface area contributed by atoms with E-state index in [1.165, 1.54) is 24.3 Å². The molecule has 174 valence electrons. The highest BCUT2D eigenvalue weighted by Crippen LogP contribution is 2.32. The summed E-state index contributed by atoms with van der Waals surface area (Å²) in [6.07, 6.45) is 0. The number of nitrogens with one attached hydrogen (secondary N) is 1. The van der Waals surface area contributed by atoms with Gasteiger partial charge in [-0.2, -0.15) is 0 Å². The SMILES string of the molecule is O=C(c1ccc(Cl)cc1)c1[nH]n(-c2ccccc2)c(=O)c1N=Nc1ccc([N+](=O)[O-])cc1[N+](=O)[O-]. The van der Waals surface area contributed by atoms with Gasteiger partial charge in [-0.25, -0.2) is 4.68 Å². The highest BCUT2D eigenvalue weighted by molar-refractivity contribution is 6.30. The number of non-ortho nitro benzene ring substituents is 1. The van der Waals surface area contributed by atoms with Gasteiger partial charge in [0.1, 0.15) is 5.69 Å². The summed E-state index contributed by atoms with van der Waals surface area (Å²) in [6, 6.07) is 17.1. The third-order valence-corrected chi connectivity index (χ3v) is 5.09. The number of nitro groups is 2. The van der Waals surface area contributed by atoms with Gasteiger partial charge < -0.3 is 0 Å². The number of aromatic amines is 1. The fourth-order valence-electron chi connectivity index (χ4n) is 3.14. The molecule has 0 spiro atoms. The maximum atomic E-state index is 13.2. The molecule has 0 aliphatic carbocycles. The molecule has 0 aliphatic heterocycles. The van der Waals surface area contributed by atoms with Gasteiger partial charge in [0.2, 0.25) is 5.78 Å². The number of carbonyl (C=O) groups excluding carboxylic acids is 1. The van der Waals surface area contributed by atoms with Crippen LogP contribution < -0.4 is 5.56 Å². The van der Waals surface area contributed by atoms with Gasteiger partial charge >= 0.3 is 5.69 Å². The lowest BCUT2D eigenvalue weighted by molar-refractivity contribution is -0.393. The van der Waals surface area contributed by atoms with Gasteiger partial charge in [-0.1, -0.05) is 29.8 Å². The molecular formula is C22H13ClN6O6. The van der Waals surface area contributed by atoms with Crippen molar-refractivity contribution in [2.45, 2.75) is 0 Å². The van der Waals surface area contributed by atoms with Crippen molar-refractivity contribution in [1.29, 1.82) is 0 Å². The average molecular weight is 493 g/mol. The standard InChI is InChI=1S/C22H13ClN6O6/c23-14-8-6-13(7-9-14)21(30)19-20(22(31)27(26-19)15-4-2-1-3-5-15)25-24-17-11-10-16(28(32)33)12-18(17)29(34)35/h1-12,26H. The molecule has 0 saturated carbocycles. The molecule has 1 N–H and O–H groups in total. The lowest BCUT2D eigenvalue weighted by atomic mass is 10.1. The van der Waals surface area contributed by atoms with E-state index in [9.17, 15) is 29.8 Å². The maximum Gasteiger partial charge on any atom is 0.303 e. The van der Waals surface area contributed by atoms with Gasteiger partial charge in [0.05, 0.1) is 21.6 Å². The van der Waals surface area contributed by atoms with E-state index in [2.05, 4.69) is 15.3 Å². The van der Waals surface area contributed by atoms with Crippen LogP contribution in [0.25, 0.3) is 5.69 Å². The monoisotopic (exact) mass is 492 g/mol. The molecule has 4 aromatic rings. The van der Waals surface area contributed by atoms with E-state index < -0.39 is 38.3 Å². The first-order valence-electron chi connectivity index (χ1n) is 9.81. The molecule has 0 aliphatic rings. The molecule has 12 nitrogen and oxygen atoms in total. The van der Waals surface area contributed by atoms with Crippen LogP contribution >= 0.6 is 11.6 Å². The van der Waals surface area contributed by atoms with Crippen molar-refractivity contribution in [3.05, 3.63) is 120 Å². The predicted octanol–water partition coefficient (Wildman–Crippen LogP) is 5.28. The number of carbonyl (C=O) groups is 1. The zero-order valence-corrected chi connectivity index (χ0v) is 18.2. The lowest BCUT2D eigenvalue weighted by Crippen LogP contribution is -2.13. The normalized spacial score (nSPS) is 11.0. The summed E-state index contributed by atoms with van der Waals surface area (Å²) in [5.74, 6) is -0.597. The van der Waals surface area contributed by atoms with Crippen LogP contribution in [0.4, 0.5) is 22.7 Å². The van der Waals surface area contributed by atoms with Crippen LogP contribution in [-0.2, 0) is 0 Å². The smallest absolute Gasteiger partial charge is 0.287 e. The van der Waals surface area contributed by atoms with E-state index in [0.29, 0.717) is 10.7 Å². The first kappa shape index (κ1) is 23.2. The molecule has 13 heteroatoms. The summed E-state index contributed by atoms with van der Waals surface area (Å²) < 4.78 is 1.09. The molecule has 0 radical (unpaired) electrons. The second kappa shape index (κ2) is 9.49. The molecule has 1 aromatic heterocycles. The summed E-state index contributed by atoms with van der Waals surface area (Å²) in [7, 11) is 0. The Morgan fingerprint density at radius 1 is 0.914 bits per heavy atom. The summed E-state index contributed by atoms with van der Waals surface area (Å²) >= 11 is 5.89. The van der Waals surface area contributed by atoms with Crippen LogP contribution in [0.2, 0.25) is 5.02 Å². The van der Waals surface area contributed by atoms with Crippen molar-refractivity contribution >= 4 is 40.1 Å². The summed E-state index contributed by atoms with van der Waals surface area (Å²) in [5.41, 5.74) is -2.27. The zero-order valence-electron chi connectivity index (χ0n) is 17.5. The van der Waals surface area contributed by atoms with E-state index in [4.69, 9.17) is 11.6 Å². The molecule has 3 aromatic carbocycles. The number of halogens is 1. The quantitative estimate of drug-likeness (QED) is 0.159. The van der Waals surface area contributed by atoms with Gasteiger partial charge in [0.25, 0.3) is 11.2 Å². The Morgan fingerprint density at radius 3 is 2.23 bits per heavy atom. The zero-order chi connectivity index (χ0) is 25.1. The first-order valence-corrected chi connectivity index (χ1v) is 10.2. The molecule has 0 unspecified atom stereocenters.